The van der Waals surface area contributed by atoms with Crippen LogP contribution >= 0.6 is 0 Å². The Morgan fingerprint density at radius 2 is 1.96 bits per heavy atom. The number of nitrogens with one attached hydrogen (secondary N) is 1. The molecule has 7 heteroatoms. The molecular weight excluding hydrogens is 343 g/mol. The Morgan fingerprint density at radius 3 is 2.62 bits per heavy atom. The molecule has 1 aromatic carbocycles. The van der Waals surface area contributed by atoms with Crippen molar-refractivity contribution in [3.63, 3.8) is 0 Å². The molecule has 0 saturated carbocycles. The maximum atomic E-state index is 12.6. The van der Waals surface area contributed by atoms with Crippen LogP contribution in [0, 0.1) is 5.92 Å². The summed E-state index contributed by atoms with van der Waals surface area (Å²) in [5.41, 5.74) is -0.0120. The number of pyridine rings is 1. The van der Waals surface area contributed by atoms with Gasteiger partial charge in [-0.2, -0.15) is 13.2 Å². The first-order chi connectivity index (χ1) is 12.3. The van der Waals surface area contributed by atoms with Crippen LogP contribution < -0.4 is 10.2 Å². The second-order valence-electron chi connectivity index (χ2n) is 6.63. The van der Waals surface area contributed by atoms with E-state index in [1.165, 1.54) is 18.6 Å². The Bertz CT molecular complexity index is 774. The molecule has 0 aliphatic carbocycles. The van der Waals surface area contributed by atoms with E-state index in [-0.39, 0.29) is 5.91 Å². The van der Waals surface area contributed by atoms with Crippen LogP contribution in [0.3, 0.4) is 0 Å². The van der Waals surface area contributed by atoms with E-state index in [4.69, 9.17) is 0 Å². The Morgan fingerprint density at radius 1 is 1.23 bits per heavy atom. The molecule has 3 rings (SSSR count). The van der Waals surface area contributed by atoms with Crippen molar-refractivity contribution >= 4 is 17.4 Å². The molecule has 4 nitrogen and oxygen atoms in total. The van der Waals surface area contributed by atoms with Gasteiger partial charge >= 0.3 is 6.18 Å². The third kappa shape index (κ3) is 4.33. The lowest BCUT2D eigenvalue weighted by Crippen LogP contribution is -2.34. The van der Waals surface area contributed by atoms with Gasteiger partial charge in [0.05, 0.1) is 5.56 Å². The lowest BCUT2D eigenvalue weighted by molar-refractivity contribution is -0.137. The molecule has 138 valence electrons. The van der Waals surface area contributed by atoms with Gasteiger partial charge in [0.1, 0.15) is 5.82 Å². The number of rotatable bonds is 3. The summed E-state index contributed by atoms with van der Waals surface area (Å²) in [6.45, 7) is 3.99. The molecule has 0 radical (unpaired) electrons. The predicted molar refractivity (Wildman–Crippen MR) is 94.2 cm³/mol. The van der Waals surface area contributed by atoms with E-state index < -0.39 is 11.7 Å². The summed E-state index contributed by atoms with van der Waals surface area (Å²) in [6.07, 6.45) is -0.542. The van der Waals surface area contributed by atoms with Crippen LogP contribution in [0.4, 0.5) is 24.7 Å². The quantitative estimate of drug-likeness (QED) is 0.868. The van der Waals surface area contributed by atoms with Crippen LogP contribution in [0.15, 0.2) is 42.6 Å². The summed E-state index contributed by atoms with van der Waals surface area (Å²) in [5, 5.41) is 2.62. The number of carbonyl (C=O) groups excluding carboxylic acids is 1. The summed E-state index contributed by atoms with van der Waals surface area (Å²) in [7, 11) is 0. The third-order valence-electron chi connectivity index (χ3n) is 4.46. The van der Waals surface area contributed by atoms with E-state index in [1.54, 1.807) is 18.3 Å². The second kappa shape index (κ2) is 7.35. The lowest BCUT2D eigenvalue weighted by atomic mass is 10.0. The van der Waals surface area contributed by atoms with Gasteiger partial charge in [-0.05, 0) is 55.2 Å². The number of carbonyl (C=O) groups is 1. The monoisotopic (exact) mass is 363 g/mol. The summed E-state index contributed by atoms with van der Waals surface area (Å²) in [4.78, 5) is 18.9. The zero-order chi connectivity index (χ0) is 18.7. The van der Waals surface area contributed by atoms with Crippen molar-refractivity contribution in [3.8, 4) is 0 Å². The normalized spacial score (nSPS) is 17.8. The molecule has 1 unspecified atom stereocenters. The van der Waals surface area contributed by atoms with Gasteiger partial charge in [-0.1, -0.05) is 6.92 Å². The molecule has 2 aromatic rings. The highest BCUT2D eigenvalue weighted by Crippen LogP contribution is 2.30. The van der Waals surface area contributed by atoms with E-state index in [1.807, 2.05) is 0 Å². The van der Waals surface area contributed by atoms with E-state index in [2.05, 4.69) is 22.1 Å². The van der Waals surface area contributed by atoms with E-state index >= 15 is 0 Å². The van der Waals surface area contributed by atoms with Gasteiger partial charge in [0.2, 0.25) is 0 Å². The molecule has 1 saturated heterocycles. The van der Waals surface area contributed by atoms with E-state index in [0.29, 0.717) is 17.2 Å². The number of halogens is 3. The molecule has 2 heterocycles. The largest absolute Gasteiger partial charge is 0.416 e. The molecule has 0 bridgehead atoms. The van der Waals surface area contributed by atoms with Crippen LogP contribution in [0.5, 0.6) is 0 Å². The summed E-state index contributed by atoms with van der Waals surface area (Å²) in [6, 6.07) is 7.70. The second-order valence-corrected chi connectivity index (χ2v) is 6.63. The zero-order valence-electron chi connectivity index (χ0n) is 14.4. The SMILES string of the molecule is CC1CCCN(c2cc(C(=O)Nc3ccc(C(F)(F)F)cc3)ccn2)C1. The fourth-order valence-corrected chi connectivity index (χ4v) is 3.08. The molecule has 1 aromatic heterocycles. The molecule has 1 fully saturated rings. The number of hydrogen-bond acceptors (Lipinski definition) is 3. The number of amides is 1. The van der Waals surface area contributed by atoms with Gasteiger partial charge in [-0.3, -0.25) is 4.79 Å². The molecular formula is C19H20F3N3O. The third-order valence-corrected chi connectivity index (χ3v) is 4.46. The molecule has 1 N–H and O–H groups in total. The molecule has 1 atom stereocenters. The number of hydrogen-bond donors (Lipinski definition) is 1. The van der Waals surface area contributed by atoms with Crippen molar-refractivity contribution in [2.45, 2.75) is 25.9 Å². The van der Waals surface area contributed by atoms with E-state index in [9.17, 15) is 18.0 Å². The molecule has 26 heavy (non-hydrogen) atoms. The maximum absolute atomic E-state index is 12.6. The van der Waals surface area contributed by atoms with Crippen molar-refractivity contribution < 1.29 is 18.0 Å². The highest BCUT2D eigenvalue weighted by molar-refractivity contribution is 6.04. The number of anilines is 2. The number of alkyl halides is 3. The fourth-order valence-electron chi connectivity index (χ4n) is 3.08. The summed E-state index contributed by atoms with van der Waals surface area (Å²) in [5.74, 6) is 0.949. The van der Waals surface area contributed by atoms with Gasteiger partial charge in [-0.15, -0.1) is 0 Å². The highest BCUT2D eigenvalue weighted by atomic mass is 19.4. The van der Waals surface area contributed by atoms with Crippen LogP contribution in [0.25, 0.3) is 0 Å². The summed E-state index contributed by atoms with van der Waals surface area (Å²) >= 11 is 0. The van der Waals surface area contributed by atoms with Crippen LogP contribution in [0.2, 0.25) is 0 Å². The Balaban J connectivity index is 1.71. The van der Waals surface area contributed by atoms with Crippen LogP contribution in [0.1, 0.15) is 35.7 Å². The standard InChI is InChI=1S/C19H20F3N3O/c1-13-3-2-10-25(12-13)17-11-14(8-9-23-17)18(26)24-16-6-4-15(5-7-16)19(20,21)22/h4-9,11,13H,2-3,10,12H2,1H3,(H,24,26). The van der Waals surface area contributed by atoms with Crippen molar-refractivity contribution in [3.05, 3.63) is 53.7 Å². The molecule has 1 aliphatic heterocycles. The predicted octanol–water partition coefficient (Wildman–Crippen LogP) is 4.59. The van der Waals surface area contributed by atoms with Gasteiger partial charge in [0, 0.05) is 30.5 Å². The minimum absolute atomic E-state index is 0.313. The zero-order valence-corrected chi connectivity index (χ0v) is 14.4. The highest BCUT2D eigenvalue weighted by Gasteiger charge is 2.30. The first kappa shape index (κ1) is 18.2. The molecule has 0 spiro atoms. The van der Waals surface area contributed by atoms with Gasteiger partial charge in [-0.25, -0.2) is 4.98 Å². The smallest absolute Gasteiger partial charge is 0.356 e. The molecule has 1 amide bonds. The topological polar surface area (TPSA) is 45.2 Å². The Kier molecular flexibility index (Phi) is 5.15. The first-order valence-corrected chi connectivity index (χ1v) is 8.52. The Hall–Kier alpha value is -2.57. The van der Waals surface area contributed by atoms with Crippen molar-refractivity contribution in [2.24, 2.45) is 5.92 Å². The average Bonchev–Trinajstić information content (AvgIpc) is 2.61. The average molecular weight is 363 g/mol. The fraction of sp³-hybridized carbons (Fsp3) is 0.368. The van der Waals surface area contributed by atoms with Crippen molar-refractivity contribution in [2.75, 3.05) is 23.3 Å². The van der Waals surface area contributed by atoms with Gasteiger partial charge in [0.25, 0.3) is 5.91 Å². The van der Waals surface area contributed by atoms with Crippen molar-refractivity contribution in [1.82, 2.24) is 4.98 Å². The maximum Gasteiger partial charge on any atom is 0.416 e. The summed E-state index contributed by atoms with van der Waals surface area (Å²) < 4.78 is 37.8. The minimum atomic E-state index is -4.39. The number of aromatic nitrogens is 1. The number of nitrogens with zero attached hydrogens (tertiary/aromatic N) is 2. The minimum Gasteiger partial charge on any atom is -0.356 e. The van der Waals surface area contributed by atoms with Gasteiger partial charge < -0.3 is 10.2 Å². The van der Waals surface area contributed by atoms with Crippen LogP contribution in [-0.2, 0) is 6.18 Å². The van der Waals surface area contributed by atoms with E-state index in [0.717, 1.165) is 37.5 Å². The Labute approximate surface area is 150 Å². The number of piperidine rings is 1. The number of benzene rings is 1. The lowest BCUT2D eigenvalue weighted by Gasteiger charge is -2.31. The first-order valence-electron chi connectivity index (χ1n) is 8.52. The van der Waals surface area contributed by atoms with Crippen LogP contribution in [-0.4, -0.2) is 24.0 Å². The molecule has 1 aliphatic rings. The van der Waals surface area contributed by atoms with Crippen molar-refractivity contribution in [1.29, 1.82) is 0 Å². The van der Waals surface area contributed by atoms with Gasteiger partial charge in [0.15, 0.2) is 0 Å².